The standard InChI is InChI=1S/C20H19N3O3/c1-14-3-2-4-15(9-14)11-23-12-19(21-13-23)22-20(26)8-5-16-10-17(24)6-7-18(16)25/h2-10,12-13,24-25H,11H2,1H3,(H,22,26)/b8-5+. The fourth-order valence-electron chi connectivity index (χ4n) is 2.54. The first kappa shape index (κ1) is 17.3. The van der Waals surface area contributed by atoms with Crippen molar-refractivity contribution >= 4 is 17.8 Å². The zero-order chi connectivity index (χ0) is 18.5. The lowest BCUT2D eigenvalue weighted by Crippen LogP contribution is -2.08. The predicted octanol–water partition coefficient (Wildman–Crippen LogP) is 3.30. The smallest absolute Gasteiger partial charge is 0.249 e. The van der Waals surface area contributed by atoms with E-state index in [1.54, 1.807) is 12.5 Å². The highest BCUT2D eigenvalue weighted by molar-refractivity contribution is 6.01. The molecule has 0 aliphatic rings. The SMILES string of the molecule is Cc1cccc(Cn2cnc(NC(=O)/C=C/c3cc(O)ccc3O)c2)c1. The van der Waals surface area contributed by atoms with Crippen LogP contribution in [0.15, 0.2) is 61.1 Å². The van der Waals surface area contributed by atoms with Gasteiger partial charge in [-0.05, 0) is 36.8 Å². The highest BCUT2D eigenvalue weighted by Gasteiger charge is 2.04. The van der Waals surface area contributed by atoms with Gasteiger partial charge in [0.2, 0.25) is 5.91 Å². The fraction of sp³-hybridized carbons (Fsp3) is 0.100. The first-order valence-electron chi connectivity index (χ1n) is 8.08. The molecule has 0 fully saturated rings. The molecule has 6 heteroatoms. The summed E-state index contributed by atoms with van der Waals surface area (Å²) in [4.78, 5) is 16.2. The Morgan fingerprint density at radius 3 is 2.88 bits per heavy atom. The molecule has 1 amide bonds. The third kappa shape index (κ3) is 4.51. The van der Waals surface area contributed by atoms with Gasteiger partial charge in [-0.3, -0.25) is 4.79 Å². The summed E-state index contributed by atoms with van der Waals surface area (Å²) in [5.74, 6) is 0.0491. The Bertz CT molecular complexity index is 960. The van der Waals surface area contributed by atoms with Crippen molar-refractivity contribution in [2.24, 2.45) is 0 Å². The number of carbonyl (C=O) groups is 1. The van der Waals surface area contributed by atoms with Gasteiger partial charge in [0.15, 0.2) is 5.82 Å². The Morgan fingerprint density at radius 2 is 2.08 bits per heavy atom. The monoisotopic (exact) mass is 349 g/mol. The van der Waals surface area contributed by atoms with E-state index in [2.05, 4.69) is 16.4 Å². The number of phenols is 2. The summed E-state index contributed by atoms with van der Waals surface area (Å²) in [5, 5.41) is 21.8. The Morgan fingerprint density at radius 1 is 1.23 bits per heavy atom. The van der Waals surface area contributed by atoms with Crippen LogP contribution in [-0.4, -0.2) is 25.7 Å². The van der Waals surface area contributed by atoms with Crippen LogP contribution in [0.2, 0.25) is 0 Å². The lowest BCUT2D eigenvalue weighted by Gasteiger charge is -2.03. The summed E-state index contributed by atoms with van der Waals surface area (Å²) in [6, 6.07) is 12.3. The van der Waals surface area contributed by atoms with Gasteiger partial charge in [0.1, 0.15) is 11.5 Å². The van der Waals surface area contributed by atoms with Gasteiger partial charge in [-0.1, -0.05) is 29.8 Å². The van der Waals surface area contributed by atoms with Crippen LogP contribution in [-0.2, 0) is 11.3 Å². The number of nitrogens with zero attached hydrogens (tertiary/aromatic N) is 2. The third-order valence-electron chi connectivity index (χ3n) is 3.76. The number of aromatic hydroxyl groups is 2. The molecule has 0 saturated heterocycles. The minimum absolute atomic E-state index is 0.0118. The molecule has 3 rings (SSSR count). The molecule has 0 bridgehead atoms. The molecular weight excluding hydrogens is 330 g/mol. The van der Waals surface area contributed by atoms with Crippen LogP contribution in [0.25, 0.3) is 6.08 Å². The van der Waals surface area contributed by atoms with E-state index in [1.165, 1.54) is 35.9 Å². The van der Waals surface area contributed by atoms with Crippen molar-refractivity contribution in [3.8, 4) is 11.5 Å². The van der Waals surface area contributed by atoms with Gasteiger partial charge >= 0.3 is 0 Å². The molecule has 1 heterocycles. The number of imidazole rings is 1. The molecule has 0 radical (unpaired) electrons. The van der Waals surface area contributed by atoms with Crippen molar-refractivity contribution < 1.29 is 15.0 Å². The second-order valence-corrected chi connectivity index (χ2v) is 5.99. The summed E-state index contributed by atoms with van der Waals surface area (Å²) >= 11 is 0. The lowest BCUT2D eigenvalue weighted by molar-refractivity contribution is -0.111. The van der Waals surface area contributed by atoms with Crippen LogP contribution in [0.1, 0.15) is 16.7 Å². The van der Waals surface area contributed by atoms with Crippen LogP contribution < -0.4 is 5.32 Å². The van der Waals surface area contributed by atoms with Crippen molar-refractivity contribution in [1.82, 2.24) is 9.55 Å². The molecule has 0 aliphatic heterocycles. The predicted molar refractivity (Wildman–Crippen MR) is 99.9 cm³/mol. The molecule has 3 N–H and O–H groups in total. The normalized spacial score (nSPS) is 11.0. The highest BCUT2D eigenvalue weighted by atomic mass is 16.3. The van der Waals surface area contributed by atoms with Crippen LogP contribution in [0, 0.1) is 6.92 Å². The number of hydrogen-bond donors (Lipinski definition) is 3. The first-order chi connectivity index (χ1) is 12.5. The number of aromatic nitrogens is 2. The molecule has 0 spiro atoms. The minimum Gasteiger partial charge on any atom is -0.508 e. The molecular formula is C20H19N3O3. The average molecular weight is 349 g/mol. The maximum Gasteiger partial charge on any atom is 0.249 e. The fourth-order valence-corrected chi connectivity index (χ4v) is 2.54. The largest absolute Gasteiger partial charge is 0.508 e. The van der Waals surface area contributed by atoms with Gasteiger partial charge in [-0.2, -0.15) is 0 Å². The molecule has 3 aromatic rings. The van der Waals surface area contributed by atoms with E-state index >= 15 is 0 Å². The Kier molecular flexibility index (Phi) is 5.03. The molecule has 0 unspecified atom stereocenters. The number of anilines is 1. The number of benzene rings is 2. The van der Waals surface area contributed by atoms with E-state index in [0.29, 0.717) is 17.9 Å². The highest BCUT2D eigenvalue weighted by Crippen LogP contribution is 2.23. The summed E-state index contributed by atoms with van der Waals surface area (Å²) < 4.78 is 1.88. The average Bonchev–Trinajstić information content (AvgIpc) is 3.02. The van der Waals surface area contributed by atoms with Gasteiger partial charge in [-0.15, -0.1) is 0 Å². The second kappa shape index (κ2) is 7.57. The summed E-state index contributed by atoms with van der Waals surface area (Å²) in [6.45, 7) is 2.71. The Labute approximate surface area is 151 Å². The van der Waals surface area contributed by atoms with Gasteiger partial charge in [0, 0.05) is 24.4 Å². The van der Waals surface area contributed by atoms with Crippen LogP contribution in [0.5, 0.6) is 11.5 Å². The molecule has 26 heavy (non-hydrogen) atoms. The molecule has 132 valence electrons. The number of carbonyl (C=O) groups excluding carboxylic acids is 1. The van der Waals surface area contributed by atoms with Gasteiger partial charge in [-0.25, -0.2) is 4.98 Å². The number of amides is 1. The maximum absolute atomic E-state index is 12.0. The van der Waals surface area contributed by atoms with Crippen molar-refractivity contribution in [1.29, 1.82) is 0 Å². The van der Waals surface area contributed by atoms with Gasteiger partial charge in [0.25, 0.3) is 0 Å². The topological polar surface area (TPSA) is 87.4 Å². The molecule has 1 aromatic heterocycles. The van der Waals surface area contributed by atoms with Gasteiger partial charge in [0.05, 0.1) is 6.33 Å². The number of nitrogens with one attached hydrogen (secondary N) is 1. The summed E-state index contributed by atoms with van der Waals surface area (Å²) in [5.41, 5.74) is 2.70. The Balaban J connectivity index is 1.62. The molecule has 0 atom stereocenters. The van der Waals surface area contributed by atoms with Crippen molar-refractivity contribution in [2.45, 2.75) is 13.5 Å². The van der Waals surface area contributed by atoms with E-state index in [9.17, 15) is 15.0 Å². The van der Waals surface area contributed by atoms with E-state index in [1.807, 2.05) is 29.7 Å². The zero-order valence-electron chi connectivity index (χ0n) is 14.3. The Hall–Kier alpha value is -3.54. The van der Waals surface area contributed by atoms with Crippen molar-refractivity contribution in [2.75, 3.05) is 5.32 Å². The number of rotatable bonds is 5. The zero-order valence-corrected chi connectivity index (χ0v) is 14.3. The van der Waals surface area contributed by atoms with E-state index < -0.39 is 0 Å². The quantitative estimate of drug-likeness (QED) is 0.487. The van der Waals surface area contributed by atoms with Crippen LogP contribution in [0.4, 0.5) is 5.82 Å². The molecule has 2 aromatic carbocycles. The number of hydrogen-bond acceptors (Lipinski definition) is 4. The van der Waals surface area contributed by atoms with E-state index in [-0.39, 0.29) is 17.4 Å². The number of phenolic OH excluding ortho intramolecular Hbond substituents is 2. The lowest BCUT2D eigenvalue weighted by atomic mass is 10.1. The van der Waals surface area contributed by atoms with Crippen LogP contribution in [0.3, 0.4) is 0 Å². The molecule has 0 aliphatic carbocycles. The summed E-state index contributed by atoms with van der Waals surface area (Å²) in [6.07, 6.45) is 6.10. The third-order valence-corrected chi connectivity index (χ3v) is 3.76. The van der Waals surface area contributed by atoms with Crippen molar-refractivity contribution in [3.05, 3.63) is 77.8 Å². The van der Waals surface area contributed by atoms with E-state index in [4.69, 9.17) is 0 Å². The molecule has 0 saturated carbocycles. The van der Waals surface area contributed by atoms with Crippen LogP contribution >= 0.6 is 0 Å². The van der Waals surface area contributed by atoms with Gasteiger partial charge < -0.3 is 20.1 Å². The summed E-state index contributed by atoms with van der Waals surface area (Å²) in [7, 11) is 0. The second-order valence-electron chi connectivity index (χ2n) is 5.99. The van der Waals surface area contributed by atoms with Crippen molar-refractivity contribution in [3.63, 3.8) is 0 Å². The first-order valence-corrected chi connectivity index (χ1v) is 8.08. The van der Waals surface area contributed by atoms with E-state index in [0.717, 1.165) is 5.56 Å². The molecule has 6 nitrogen and oxygen atoms in total. The number of aryl methyl sites for hydroxylation is 1. The maximum atomic E-state index is 12.0. The minimum atomic E-state index is -0.381.